The number of amides is 1. The Balaban J connectivity index is 1.65. The quantitative estimate of drug-likeness (QED) is 0.430. The number of rotatable bonds is 8. The van der Waals surface area contributed by atoms with Gasteiger partial charge in [0.1, 0.15) is 23.9 Å². The minimum Gasteiger partial charge on any atom is -0.387 e. The Morgan fingerprint density at radius 2 is 2.11 bits per heavy atom. The van der Waals surface area contributed by atoms with Crippen molar-refractivity contribution in [1.29, 1.82) is 0 Å². The van der Waals surface area contributed by atoms with Crippen LogP contribution in [0.4, 0.5) is 4.39 Å². The largest absolute Gasteiger partial charge is 0.387 e. The van der Waals surface area contributed by atoms with E-state index in [1.807, 2.05) is 20.2 Å². The maximum Gasteiger partial charge on any atom is 0.248 e. The second-order valence-electron chi connectivity index (χ2n) is 9.06. The summed E-state index contributed by atoms with van der Waals surface area (Å²) in [4.78, 5) is 20.1. The summed E-state index contributed by atoms with van der Waals surface area (Å²) in [7, 11) is 4.01. The summed E-state index contributed by atoms with van der Waals surface area (Å²) in [6, 6.07) is 4.54. The average Bonchev–Trinajstić information content (AvgIpc) is 3.16. The molecule has 4 rings (SSSR count). The Bertz CT molecular complexity index is 1180. The van der Waals surface area contributed by atoms with Gasteiger partial charge in [0.15, 0.2) is 0 Å². The van der Waals surface area contributed by atoms with Crippen LogP contribution < -0.4 is 10.6 Å². The molecule has 9 nitrogen and oxygen atoms in total. The topological polar surface area (TPSA) is 109 Å². The van der Waals surface area contributed by atoms with Crippen LogP contribution in [0.15, 0.2) is 41.3 Å². The monoisotopic (exact) mass is 515 g/mol. The molecule has 11 heteroatoms. The van der Waals surface area contributed by atoms with Crippen LogP contribution in [0.1, 0.15) is 30.0 Å². The normalized spacial score (nSPS) is 16.4. The number of likely N-dealkylation sites (tertiary alicyclic amines) is 1. The number of aromatic amines is 1. The van der Waals surface area contributed by atoms with Gasteiger partial charge in [0, 0.05) is 66.4 Å². The fraction of sp³-hybridized carbons (Fsp3) is 0.400. The van der Waals surface area contributed by atoms with Crippen molar-refractivity contribution in [3.05, 3.63) is 58.4 Å². The first-order chi connectivity index (χ1) is 17.4. The van der Waals surface area contributed by atoms with E-state index in [0.29, 0.717) is 48.0 Å². The lowest BCUT2D eigenvalue weighted by molar-refractivity contribution is -0.135. The van der Waals surface area contributed by atoms with E-state index in [1.165, 1.54) is 6.07 Å². The van der Waals surface area contributed by atoms with Crippen molar-refractivity contribution >= 4 is 29.4 Å². The molecule has 0 saturated carbocycles. The number of likely N-dealkylation sites (N-methyl/N-ethyl adjacent to an activating group) is 1. The molecule has 1 amide bonds. The van der Waals surface area contributed by atoms with Crippen LogP contribution in [0.3, 0.4) is 0 Å². The lowest BCUT2D eigenvalue weighted by Crippen LogP contribution is -2.39. The number of carbonyl (C=O) groups is 1. The molecule has 0 aliphatic carbocycles. The molecule has 0 spiro atoms. The van der Waals surface area contributed by atoms with Crippen molar-refractivity contribution in [3.8, 4) is 11.3 Å². The van der Waals surface area contributed by atoms with Crippen molar-refractivity contribution in [2.75, 3.05) is 46.9 Å². The summed E-state index contributed by atoms with van der Waals surface area (Å²) in [6.07, 6.45) is 6.71. The van der Waals surface area contributed by atoms with Crippen LogP contribution in [0, 0.1) is 5.82 Å². The number of aliphatic imine (C=N–C) groups is 1. The number of nitrogens with one attached hydrogen (secondary N) is 3. The predicted octanol–water partition coefficient (Wildman–Crippen LogP) is 2.53. The molecule has 2 aromatic rings. The molecule has 1 saturated heterocycles. The van der Waals surface area contributed by atoms with Crippen LogP contribution >= 0.6 is 11.6 Å². The van der Waals surface area contributed by atoms with E-state index >= 15 is 0 Å². The first-order valence-electron chi connectivity index (χ1n) is 11.9. The van der Waals surface area contributed by atoms with E-state index < -0.39 is 12.4 Å². The van der Waals surface area contributed by atoms with Gasteiger partial charge in [0.05, 0.1) is 5.70 Å². The number of piperidine rings is 1. The lowest BCUT2D eigenvalue weighted by atomic mass is 9.88. The zero-order chi connectivity index (χ0) is 25.7. The predicted molar refractivity (Wildman–Crippen MR) is 139 cm³/mol. The second-order valence-corrected chi connectivity index (χ2v) is 9.50. The summed E-state index contributed by atoms with van der Waals surface area (Å²) in [5.74, 6) is 0.0211. The van der Waals surface area contributed by atoms with E-state index in [1.54, 1.807) is 29.4 Å². The van der Waals surface area contributed by atoms with Gasteiger partial charge in [0.2, 0.25) is 5.91 Å². The van der Waals surface area contributed by atoms with Crippen molar-refractivity contribution < 1.29 is 14.3 Å². The highest BCUT2D eigenvalue weighted by atomic mass is 35.5. The number of hydrogen-bond donors (Lipinski definition) is 4. The Labute approximate surface area is 214 Å². The number of H-pyrrole nitrogens is 1. The third-order valence-electron chi connectivity index (χ3n) is 6.33. The van der Waals surface area contributed by atoms with Crippen LogP contribution in [0.5, 0.6) is 0 Å². The zero-order valence-corrected chi connectivity index (χ0v) is 21.1. The van der Waals surface area contributed by atoms with Crippen molar-refractivity contribution in [3.63, 3.8) is 0 Å². The second kappa shape index (κ2) is 11.7. The fourth-order valence-electron chi connectivity index (χ4n) is 4.40. The molecule has 0 atom stereocenters. The Kier molecular flexibility index (Phi) is 8.40. The number of carbonyl (C=O) groups excluding carboxylic acids is 1. The van der Waals surface area contributed by atoms with Gasteiger partial charge in [-0.3, -0.25) is 9.89 Å². The molecule has 36 heavy (non-hydrogen) atoms. The van der Waals surface area contributed by atoms with Gasteiger partial charge in [-0.1, -0.05) is 11.6 Å². The maximum absolute atomic E-state index is 15.0. The van der Waals surface area contributed by atoms with Crippen LogP contribution in [-0.2, 0) is 4.79 Å². The molecular weight excluding hydrogens is 485 g/mol. The Hall–Kier alpha value is -3.21. The number of nitrogens with zero attached hydrogens (tertiary/aromatic N) is 4. The summed E-state index contributed by atoms with van der Waals surface area (Å²) in [5, 5.41) is 23.8. The highest BCUT2D eigenvalue weighted by Crippen LogP contribution is 2.38. The molecule has 3 heterocycles. The van der Waals surface area contributed by atoms with E-state index in [0.717, 1.165) is 30.0 Å². The van der Waals surface area contributed by atoms with Crippen molar-refractivity contribution in [2.45, 2.75) is 18.8 Å². The number of benzene rings is 1. The minimum absolute atomic E-state index is 0.0731. The number of aliphatic hydroxyl groups is 1. The van der Waals surface area contributed by atoms with Gasteiger partial charge >= 0.3 is 0 Å². The first kappa shape index (κ1) is 25.9. The van der Waals surface area contributed by atoms with Gasteiger partial charge in [-0.2, -0.15) is 5.10 Å². The van der Waals surface area contributed by atoms with Crippen molar-refractivity contribution in [1.82, 2.24) is 30.6 Å². The molecule has 0 unspecified atom stereocenters. The third-order valence-corrected chi connectivity index (χ3v) is 6.56. The standard InChI is InChI=1S/C25H31ClFN7O2/c1-33(2)12-9-29-21-14-30-20(5-8-28-21)23-24(16-6-10-34(11-7-16)22(36)15-35)31-32-25(23)18-4-3-17(26)13-19(18)27/h3-5,8,13-14,16,29-30,35H,6-7,9-12,15H2,1-2H3,(H,31,32). The van der Waals surface area contributed by atoms with Crippen LogP contribution in [0.25, 0.3) is 17.0 Å². The Morgan fingerprint density at radius 1 is 1.33 bits per heavy atom. The van der Waals surface area contributed by atoms with Crippen LogP contribution in [-0.4, -0.2) is 84.1 Å². The molecule has 2 aliphatic heterocycles. The summed E-state index contributed by atoms with van der Waals surface area (Å²) < 4.78 is 15.0. The summed E-state index contributed by atoms with van der Waals surface area (Å²) >= 11 is 5.99. The van der Waals surface area contributed by atoms with E-state index in [4.69, 9.17) is 11.6 Å². The minimum atomic E-state index is -0.493. The van der Waals surface area contributed by atoms with Gasteiger partial charge in [-0.05, 0) is 51.2 Å². The molecular formula is C25H31ClFN7O2. The third kappa shape index (κ3) is 5.95. The molecule has 1 aromatic carbocycles. The maximum atomic E-state index is 15.0. The number of allylic oxidation sites excluding steroid dienone is 1. The van der Waals surface area contributed by atoms with Gasteiger partial charge in [0.25, 0.3) is 0 Å². The molecule has 0 radical (unpaired) electrons. The molecule has 2 aliphatic rings. The van der Waals surface area contributed by atoms with E-state index in [9.17, 15) is 14.3 Å². The zero-order valence-electron chi connectivity index (χ0n) is 20.4. The molecule has 0 bridgehead atoms. The SMILES string of the molecule is CN(C)CCNC1=CNC(c2c(-c3ccc(Cl)cc3F)n[nH]c2C2CCN(C(=O)CO)CC2)=CC=N1. The fourth-order valence-corrected chi connectivity index (χ4v) is 4.56. The number of hydrogen-bond acceptors (Lipinski definition) is 7. The van der Waals surface area contributed by atoms with Crippen molar-refractivity contribution in [2.24, 2.45) is 4.99 Å². The lowest BCUT2D eigenvalue weighted by Gasteiger charge is -2.31. The van der Waals surface area contributed by atoms with E-state index in [2.05, 4.69) is 30.7 Å². The number of aromatic nitrogens is 2. The Morgan fingerprint density at radius 3 is 2.81 bits per heavy atom. The summed E-state index contributed by atoms with van der Waals surface area (Å²) in [6.45, 7) is 2.16. The molecule has 192 valence electrons. The highest BCUT2D eigenvalue weighted by Gasteiger charge is 2.30. The van der Waals surface area contributed by atoms with Gasteiger partial charge in [-0.25, -0.2) is 9.38 Å². The molecule has 4 N–H and O–H groups in total. The van der Waals surface area contributed by atoms with E-state index in [-0.39, 0.29) is 11.8 Å². The summed E-state index contributed by atoms with van der Waals surface area (Å²) in [5.41, 5.74) is 3.14. The van der Waals surface area contributed by atoms with Gasteiger partial charge < -0.3 is 25.5 Å². The molecule has 1 fully saturated rings. The smallest absolute Gasteiger partial charge is 0.248 e. The van der Waals surface area contributed by atoms with Crippen LogP contribution in [0.2, 0.25) is 5.02 Å². The average molecular weight is 516 g/mol. The highest BCUT2D eigenvalue weighted by molar-refractivity contribution is 6.30. The molecule has 1 aromatic heterocycles. The number of aliphatic hydroxyl groups excluding tert-OH is 1. The number of halogens is 2. The van der Waals surface area contributed by atoms with Gasteiger partial charge in [-0.15, -0.1) is 0 Å². The first-order valence-corrected chi connectivity index (χ1v) is 12.3.